The Morgan fingerprint density at radius 1 is 1.65 bits per heavy atom. The van der Waals surface area contributed by atoms with Gasteiger partial charge in [-0.2, -0.15) is 0 Å². The molecule has 1 aromatic heterocycles. The number of aryl methyl sites for hydroxylation is 1. The molecule has 4 nitrogen and oxygen atoms in total. The van der Waals surface area contributed by atoms with Crippen LogP contribution in [0.15, 0.2) is 21.6 Å². The summed E-state index contributed by atoms with van der Waals surface area (Å²) >= 11 is 1.69. The number of carbonyl (C=O) groups excluding carboxylic acids is 1. The zero-order valence-corrected chi connectivity index (χ0v) is 11.3. The van der Waals surface area contributed by atoms with Gasteiger partial charge in [0.25, 0.3) is 0 Å². The first-order valence-corrected chi connectivity index (χ1v) is 6.65. The highest BCUT2D eigenvalue weighted by molar-refractivity contribution is 7.99. The number of furan rings is 1. The highest BCUT2D eigenvalue weighted by atomic mass is 32.2. The van der Waals surface area contributed by atoms with Crippen LogP contribution in [0.4, 0.5) is 0 Å². The lowest BCUT2D eigenvalue weighted by molar-refractivity contribution is -0.143. The van der Waals surface area contributed by atoms with Crippen molar-refractivity contribution in [2.24, 2.45) is 0 Å². The highest BCUT2D eigenvalue weighted by Gasteiger charge is 2.17. The Kier molecular flexibility index (Phi) is 6.15. The van der Waals surface area contributed by atoms with Gasteiger partial charge in [-0.25, -0.2) is 0 Å². The summed E-state index contributed by atoms with van der Waals surface area (Å²) in [6.45, 7) is 4.67. The van der Waals surface area contributed by atoms with Crippen LogP contribution in [0.25, 0.3) is 0 Å². The summed E-state index contributed by atoms with van der Waals surface area (Å²) in [4.78, 5) is 12.6. The third kappa shape index (κ3) is 4.44. The summed E-state index contributed by atoms with van der Waals surface area (Å²) < 4.78 is 9.96. The molecule has 0 aliphatic rings. The molecule has 1 atom stereocenters. The molecule has 0 fully saturated rings. The molecule has 1 unspecified atom stereocenters. The van der Waals surface area contributed by atoms with Crippen molar-refractivity contribution in [1.29, 1.82) is 0 Å². The van der Waals surface area contributed by atoms with Gasteiger partial charge < -0.3 is 14.5 Å². The van der Waals surface area contributed by atoms with Crippen molar-refractivity contribution >= 4 is 17.7 Å². The molecular weight excluding hydrogens is 238 g/mol. The molecule has 0 radical (unpaired) electrons. The van der Waals surface area contributed by atoms with Crippen LogP contribution in [0.5, 0.6) is 0 Å². The number of carbonyl (C=O) groups is 1. The summed E-state index contributed by atoms with van der Waals surface area (Å²) in [5.74, 6) is 1.58. The topological polar surface area (TPSA) is 51.5 Å². The molecule has 0 saturated carbocycles. The van der Waals surface area contributed by atoms with Gasteiger partial charge >= 0.3 is 5.97 Å². The first kappa shape index (κ1) is 14.1. The Hall–Kier alpha value is -0.940. The van der Waals surface area contributed by atoms with Gasteiger partial charge in [0.05, 0.1) is 13.4 Å². The molecule has 0 spiro atoms. The largest absolute Gasteiger partial charge is 0.468 e. The Labute approximate surface area is 106 Å². The summed E-state index contributed by atoms with van der Waals surface area (Å²) in [6.07, 6.45) is 2.43. The molecule has 1 heterocycles. The molecule has 17 heavy (non-hydrogen) atoms. The van der Waals surface area contributed by atoms with Crippen molar-refractivity contribution in [3.05, 3.63) is 18.1 Å². The van der Waals surface area contributed by atoms with E-state index in [-0.39, 0.29) is 12.0 Å². The van der Waals surface area contributed by atoms with E-state index < -0.39 is 0 Å². The number of methoxy groups -OCH3 is 1. The van der Waals surface area contributed by atoms with Gasteiger partial charge in [-0.3, -0.25) is 4.79 Å². The van der Waals surface area contributed by atoms with Gasteiger partial charge in [0.15, 0.2) is 0 Å². The molecule has 96 valence electrons. The van der Waals surface area contributed by atoms with E-state index in [4.69, 9.17) is 9.15 Å². The van der Waals surface area contributed by atoms with Crippen molar-refractivity contribution in [2.75, 3.05) is 19.4 Å². The Morgan fingerprint density at radius 2 is 2.41 bits per heavy atom. The number of hydrogen-bond acceptors (Lipinski definition) is 5. The Balaban J connectivity index is 2.37. The number of thioether (sulfide) groups is 1. The standard InChI is InChI=1S/C12H19NO3S/c1-4-13-10(12(14)15-3)6-8-17-11-5-7-16-9(11)2/h5,7,10,13H,4,6,8H2,1-3H3. The van der Waals surface area contributed by atoms with E-state index in [1.54, 1.807) is 18.0 Å². The van der Waals surface area contributed by atoms with Crippen LogP contribution in [0.2, 0.25) is 0 Å². The van der Waals surface area contributed by atoms with Crippen molar-refractivity contribution in [3.8, 4) is 0 Å². The molecule has 0 amide bonds. The monoisotopic (exact) mass is 257 g/mol. The summed E-state index contributed by atoms with van der Waals surface area (Å²) in [7, 11) is 1.42. The molecule has 5 heteroatoms. The summed E-state index contributed by atoms with van der Waals surface area (Å²) in [6, 6.07) is 1.73. The minimum atomic E-state index is -0.218. The van der Waals surface area contributed by atoms with Crippen LogP contribution in [-0.4, -0.2) is 31.4 Å². The number of likely N-dealkylation sites (N-methyl/N-ethyl adjacent to an activating group) is 1. The minimum Gasteiger partial charge on any atom is -0.468 e. The van der Waals surface area contributed by atoms with E-state index in [0.29, 0.717) is 0 Å². The normalized spacial score (nSPS) is 12.4. The molecule has 0 aliphatic carbocycles. The second-order valence-corrected chi connectivity index (χ2v) is 4.75. The fourth-order valence-corrected chi connectivity index (χ4v) is 2.48. The molecular formula is C12H19NO3S. The van der Waals surface area contributed by atoms with Crippen molar-refractivity contribution < 1.29 is 13.9 Å². The van der Waals surface area contributed by atoms with Crippen LogP contribution < -0.4 is 5.32 Å². The highest BCUT2D eigenvalue weighted by Crippen LogP contribution is 2.24. The van der Waals surface area contributed by atoms with Gasteiger partial charge in [0, 0.05) is 10.6 Å². The number of esters is 1. The van der Waals surface area contributed by atoms with Crippen molar-refractivity contribution in [3.63, 3.8) is 0 Å². The fraction of sp³-hybridized carbons (Fsp3) is 0.583. The van der Waals surface area contributed by atoms with E-state index in [1.807, 2.05) is 19.9 Å². The number of nitrogens with one attached hydrogen (secondary N) is 1. The van der Waals surface area contributed by atoms with Crippen LogP contribution in [0.1, 0.15) is 19.1 Å². The first-order valence-electron chi connectivity index (χ1n) is 5.67. The fourth-order valence-electron chi connectivity index (χ4n) is 1.50. The average molecular weight is 257 g/mol. The smallest absolute Gasteiger partial charge is 0.322 e. The van der Waals surface area contributed by atoms with Gasteiger partial charge in [-0.05, 0) is 26.0 Å². The molecule has 0 bridgehead atoms. The predicted octanol–water partition coefficient (Wildman–Crippen LogP) is 2.22. The van der Waals surface area contributed by atoms with Crippen LogP contribution in [0, 0.1) is 6.92 Å². The number of ether oxygens (including phenoxy) is 1. The lowest BCUT2D eigenvalue weighted by atomic mass is 10.2. The second kappa shape index (κ2) is 7.40. The van der Waals surface area contributed by atoms with E-state index >= 15 is 0 Å². The van der Waals surface area contributed by atoms with E-state index in [9.17, 15) is 4.79 Å². The van der Waals surface area contributed by atoms with Crippen LogP contribution in [0.3, 0.4) is 0 Å². The van der Waals surface area contributed by atoms with E-state index in [1.165, 1.54) is 7.11 Å². The SMILES string of the molecule is CCNC(CCSc1ccoc1C)C(=O)OC. The quantitative estimate of drug-likeness (QED) is 0.599. The molecule has 1 N–H and O–H groups in total. The van der Waals surface area contributed by atoms with Gasteiger partial charge in [-0.1, -0.05) is 6.92 Å². The molecule has 0 aliphatic heterocycles. The zero-order chi connectivity index (χ0) is 12.7. The zero-order valence-electron chi connectivity index (χ0n) is 10.5. The Morgan fingerprint density at radius 3 is 2.94 bits per heavy atom. The average Bonchev–Trinajstić information content (AvgIpc) is 2.73. The first-order chi connectivity index (χ1) is 8.19. The van der Waals surface area contributed by atoms with Crippen LogP contribution in [-0.2, 0) is 9.53 Å². The second-order valence-electron chi connectivity index (χ2n) is 3.61. The van der Waals surface area contributed by atoms with E-state index in [2.05, 4.69) is 5.32 Å². The molecule has 1 rings (SSSR count). The maximum atomic E-state index is 11.4. The van der Waals surface area contributed by atoms with Gasteiger partial charge in [0.1, 0.15) is 11.8 Å². The number of rotatable bonds is 7. The minimum absolute atomic E-state index is 0.198. The number of hydrogen-bond donors (Lipinski definition) is 1. The Bertz CT molecular complexity index is 351. The van der Waals surface area contributed by atoms with Gasteiger partial charge in [0.2, 0.25) is 0 Å². The van der Waals surface area contributed by atoms with Crippen LogP contribution >= 0.6 is 11.8 Å². The summed E-state index contributed by atoms with van der Waals surface area (Å²) in [5, 5.41) is 3.12. The molecule has 0 aromatic carbocycles. The lowest BCUT2D eigenvalue weighted by Gasteiger charge is -2.14. The maximum Gasteiger partial charge on any atom is 0.322 e. The van der Waals surface area contributed by atoms with Crippen molar-refractivity contribution in [1.82, 2.24) is 5.32 Å². The predicted molar refractivity (Wildman–Crippen MR) is 68.3 cm³/mol. The van der Waals surface area contributed by atoms with Crippen molar-refractivity contribution in [2.45, 2.75) is 31.2 Å². The summed E-state index contributed by atoms with van der Waals surface area (Å²) in [5.41, 5.74) is 0. The lowest BCUT2D eigenvalue weighted by Crippen LogP contribution is -2.37. The van der Waals surface area contributed by atoms with Gasteiger partial charge in [-0.15, -0.1) is 11.8 Å². The molecule has 0 saturated heterocycles. The third-order valence-corrected chi connectivity index (χ3v) is 3.59. The van der Waals surface area contributed by atoms with E-state index in [0.717, 1.165) is 29.4 Å². The third-order valence-electron chi connectivity index (χ3n) is 2.41. The molecule has 1 aromatic rings. The maximum absolute atomic E-state index is 11.4.